The van der Waals surface area contributed by atoms with Crippen molar-refractivity contribution in [3.05, 3.63) is 39.8 Å². The summed E-state index contributed by atoms with van der Waals surface area (Å²) < 4.78 is 5.38. The molecule has 0 spiro atoms. The van der Waals surface area contributed by atoms with Gasteiger partial charge in [0, 0.05) is 10.4 Å². The minimum Gasteiger partial charge on any atom is -0.422 e. The molecule has 6 nitrogen and oxygen atoms in total. The van der Waals surface area contributed by atoms with Gasteiger partial charge in [-0.25, -0.2) is 4.98 Å². The van der Waals surface area contributed by atoms with E-state index >= 15 is 0 Å². The summed E-state index contributed by atoms with van der Waals surface area (Å²) in [5, 5.41) is 2.21. The van der Waals surface area contributed by atoms with Gasteiger partial charge in [-0.15, -0.1) is 11.3 Å². The zero-order chi connectivity index (χ0) is 13.2. The van der Waals surface area contributed by atoms with E-state index < -0.39 is 0 Å². The number of halogens is 1. The smallest absolute Gasteiger partial charge is 0.315 e. The number of nitrogens with zero attached hydrogens (tertiary/aromatic N) is 2. The SMILES string of the molecule is O=C(NNc1nc2cc(Cl)ccc2o1)c1cscn1. The molecule has 0 aliphatic rings. The first kappa shape index (κ1) is 11.9. The van der Waals surface area contributed by atoms with Crippen molar-refractivity contribution in [3.8, 4) is 0 Å². The molecule has 0 radical (unpaired) electrons. The highest BCUT2D eigenvalue weighted by Crippen LogP contribution is 2.21. The number of hydrogen-bond donors (Lipinski definition) is 2. The molecular formula is C11H7ClN4O2S. The Balaban J connectivity index is 1.73. The summed E-state index contributed by atoms with van der Waals surface area (Å²) in [5.41, 5.74) is 8.13. The number of nitrogens with one attached hydrogen (secondary N) is 2. The maximum absolute atomic E-state index is 11.6. The average molecular weight is 295 g/mol. The molecule has 2 aromatic heterocycles. The lowest BCUT2D eigenvalue weighted by molar-refractivity contribution is 0.0957. The lowest BCUT2D eigenvalue weighted by Gasteiger charge is -2.01. The highest BCUT2D eigenvalue weighted by molar-refractivity contribution is 7.07. The van der Waals surface area contributed by atoms with Crippen LogP contribution in [0.25, 0.3) is 11.1 Å². The van der Waals surface area contributed by atoms with Gasteiger partial charge >= 0.3 is 6.01 Å². The van der Waals surface area contributed by atoms with Crippen LogP contribution in [0.15, 0.2) is 33.5 Å². The first-order valence-corrected chi connectivity index (χ1v) is 6.55. The normalized spacial score (nSPS) is 10.6. The molecule has 1 amide bonds. The van der Waals surface area contributed by atoms with Crippen LogP contribution in [-0.4, -0.2) is 15.9 Å². The third-order valence-electron chi connectivity index (χ3n) is 2.30. The Morgan fingerprint density at radius 2 is 2.32 bits per heavy atom. The maximum atomic E-state index is 11.6. The lowest BCUT2D eigenvalue weighted by atomic mass is 10.3. The van der Waals surface area contributed by atoms with Crippen LogP contribution >= 0.6 is 22.9 Å². The summed E-state index contributed by atoms with van der Waals surface area (Å²) in [4.78, 5) is 19.6. The van der Waals surface area contributed by atoms with Crippen LogP contribution in [0.2, 0.25) is 5.02 Å². The Morgan fingerprint density at radius 3 is 3.11 bits per heavy atom. The Bertz CT molecular complexity index is 725. The minimum atomic E-state index is -0.360. The number of aromatic nitrogens is 2. The molecule has 2 N–H and O–H groups in total. The summed E-state index contributed by atoms with van der Waals surface area (Å²) >= 11 is 7.19. The topological polar surface area (TPSA) is 80.0 Å². The van der Waals surface area contributed by atoms with Crippen LogP contribution in [-0.2, 0) is 0 Å². The monoisotopic (exact) mass is 294 g/mol. The number of fused-ring (bicyclic) bond motifs is 1. The molecule has 0 bridgehead atoms. The number of oxazole rings is 1. The predicted molar refractivity (Wildman–Crippen MR) is 72.2 cm³/mol. The van der Waals surface area contributed by atoms with Gasteiger partial charge in [-0.2, -0.15) is 4.98 Å². The van der Waals surface area contributed by atoms with Crippen molar-refractivity contribution in [2.45, 2.75) is 0 Å². The Labute approximate surface area is 116 Å². The first-order chi connectivity index (χ1) is 9.22. The number of anilines is 1. The Kier molecular flexibility index (Phi) is 3.06. The molecule has 3 aromatic rings. The molecule has 0 aliphatic heterocycles. The lowest BCUT2D eigenvalue weighted by Crippen LogP contribution is -2.29. The van der Waals surface area contributed by atoms with E-state index in [2.05, 4.69) is 20.8 Å². The first-order valence-electron chi connectivity index (χ1n) is 5.23. The number of thiazole rings is 1. The van der Waals surface area contributed by atoms with Crippen LogP contribution in [0.5, 0.6) is 0 Å². The second kappa shape index (κ2) is 4.87. The molecule has 0 atom stereocenters. The largest absolute Gasteiger partial charge is 0.422 e. The van der Waals surface area contributed by atoms with E-state index in [1.54, 1.807) is 29.1 Å². The third kappa shape index (κ3) is 2.51. The number of benzene rings is 1. The zero-order valence-corrected chi connectivity index (χ0v) is 11.0. The van der Waals surface area contributed by atoms with Crippen molar-refractivity contribution in [3.63, 3.8) is 0 Å². The van der Waals surface area contributed by atoms with Crippen molar-refractivity contribution in [2.75, 3.05) is 5.43 Å². The van der Waals surface area contributed by atoms with E-state index in [9.17, 15) is 4.79 Å². The molecule has 19 heavy (non-hydrogen) atoms. The van der Waals surface area contributed by atoms with E-state index in [-0.39, 0.29) is 11.9 Å². The zero-order valence-electron chi connectivity index (χ0n) is 9.38. The number of carbonyl (C=O) groups is 1. The number of hydrazine groups is 1. The van der Waals surface area contributed by atoms with E-state index in [0.29, 0.717) is 21.8 Å². The Morgan fingerprint density at radius 1 is 1.42 bits per heavy atom. The molecule has 0 saturated carbocycles. The fourth-order valence-corrected chi connectivity index (χ4v) is 2.15. The number of rotatable bonds is 3. The summed E-state index contributed by atoms with van der Waals surface area (Å²) in [6.45, 7) is 0. The molecule has 0 fully saturated rings. The van der Waals surface area contributed by atoms with Gasteiger partial charge in [-0.05, 0) is 18.2 Å². The molecule has 1 aromatic carbocycles. The summed E-state index contributed by atoms with van der Waals surface area (Å²) in [6.07, 6.45) is 0. The van der Waals surface area contributed by atoms with Crippen molar-refractivity contribution in [1.82, 2.24) is 15.4 Å². The van der Waals surface area contributed by atoms with Crippen LogP contribution < -0.4 is 10.9 Å². The molecular weight excluding hydrogens is 288 g/mol. The fraction of sp³-hybridized carbons (Fsp3) is 0. The van der Waals surface area contributed by atoms with Crippen molar-refractivity contribution < 1.29 is 9.21 Å². The second-order valence-electron chi connectivity index (χ2n) is 3.58. The molecule has 0 saturated heterocycles. The standard InChI is InChI=1S/C11H7ClN4O2S/c12-6-1-2-9-7(3-6)14-11(18-9)16-15-10(17)8-4-19-5-13-8/h1-5H,(H,14,16)(H,15,17). The van der Waals surface area contributed by atoms with Crippen molar-refractivity contribution in [2.24, 2.45) is 0 Å². The minimum absolute atomic E-state index is 0.181. The quantitative estimate of drug-likeness (QED) is 0.726. The third-order valence-corrected chi connectivity index (χ3v) is 3.12. The van der Waals surface area contributed by atoms with Gasteiger partial charge in [0.2, 0.25) is 0 Å². The van der Waals surface area contributed by atoms with Gasteiger partial charge in [-0.1, -0.05) is 11.6 Å². The molecule has 2 heterocycles. The highest BCUT2D eigenvalue weighted by atomic mass is 35.5. The Hall–Kier alpha value is -2.12. The van der Waals surface area contributed by atoms with Gasteiger partial charge in [0.15, 0.2) is 5.58 Å². The molecule has 96 valence electrons. The van der Waals surface area contributed by atoms with Crippen LogP contribution in [0, 0.1) is 0 Å². The van der Waals surface area contributed by atoms with Gasteiger partial charge in [-0.3, -0.25) is 15.6 Å². The summed E-state index contributed by atoms with van der Waals surface area (Å²) in [6, 6.07) is 5.26. The van der Waals surface area contributed by atoms with E-state index in [0.717, 1.165) is 0 Å². The van der Waals surface area contributed by atoms with E-state index in [1.165, 1.54) is 11.3 Å². The van der Waals surface area contributed by atoms with Crippen LogP contribution in [0.3, 0.4) is 0 Å². The number of hydrogen-bond acceptors (Lipinski definition) is 6. The van der Waals surface area contributed by atoms with Crippen molar-refractivity contribution in [1.29, 1.82) is 0 Å². The van der Waals surface area contributed by atoms with Crippen LogP contribution in [0.1, 0.15) is 10.5 Å². The van der Waals surface area contributed by atoms with Gasteiger partial charge in [0.05, 0.1) is 5.51 Å². The second-order valence-corrected chi connectivity index (χ2v) is 4.74. The summed E-state index contributed by atoms with van der Waals surface area (Å²) in [7, 11) is 0. The number of amides is 1. The van der Waals surface area contributed by atoms with Crippen molar-refractivity contribution >= 4 is 46.0 Å². The molecule has 8 heteroatoms. The van der Waals surface area contributed by atoms with E-state index in [4.69, 9.17) is 16.0 Å². The fourth-order valence-electron chi connectivity index (χ4n) is 1.45. The van der Waals surface area contributed by atoms with Gasteiger partial charge in [0.25, 0.3) is 5.91 Å². The number of carbonyl (C=O) groups excluding carboxylic acids is 1. The average Bonchev–Trinajstić information content (AvgIpc) is 3.04. The van der Waals surface area contributed by atoms with Crippen LogP contribution in [0.4, 0.5) is 6.01 Å². The molecule has 0 unspecified atom stereocenters. The van der Waals surface area contributed by atoms with Gasteiger partial charge < -0.3 is 4.42 Å². The molecule has 0 aliphatic carbocycles. The van der Waals surface area contributed by atoms with E-state index in [1.807, 2.05) is 0 Å². The predicted octanol–water partition coefficient (Wildman–Crippen LogP) is 2.69. The molecule has 3 rings (SSSR count). The highest BCUT2D eigenvalue weighted by Gasteiger charge is 2.09. The summed E-state index contributed by atoms with van der Waals surface area (Å²) in [5.74, 6) is -0.360. The maximum Gasteiger partial charge on any atom is 0.315 e. The van der Waals surface area contributed by atoms with Gasteiger partial charge in [0.1, 0.15) is 11.2 Å².